The van der Waals surface area contributed by atoms with Gasteiger partial charge < -0.3 is 9.53 Å². The highest BCUT2D eigenvalue weighted by atomic mass is 127. The molecule has 106 valence electrons. The molecule has 1 aromatic rings. The smallest absolute Gasteiger partial charge is 0.315 e. The molecule has 0 saturated heterocycles. The summed E-state index contributed by atoms with van der Waals surface area (Å²) < 4.78 is 6.21. The van der Waals surface area contributed by atoms with E-state index in [1.54, 1.807) is 13.1 Å². The van der Waals surface area contributed by atoms with Crippen LogP contribution in [0, 0.1) is 9.49 Å². The predicted octanol–water partition coefficient (Wildman–Crippen LogP) is 3.25. The average molecular weight is 385 g/mol. The molecule has 2 rings (SSSR count). The highest BCUT2D eigenvalue weighted by Crippen LogP contribution is 2.39. The number of carbonyl (C=O) groups is 2. The second-order valence-corrected chi connectivity index (χ2v) is 5.86. The van der Waals surface area contributed by atoms with Crippen molar-refractivity contribution in [3.05, 3.63) is 27.3 Å². The third-order valence-corrected chi connectivity index (χ3v) is 4.02. The van der Waals surface area contributed by atoms with Crippen molar-refractivity contribution in [1.82, 2.24) is 0 Å². The number of aliphatic imine (C=N–C) groups is 1. The molecule has 1 aliphatic rings. The lowest BCUT2D eigenvalue weighted by Crippen LogP contribution is -2.28. The zero-order valence-electron chi connectivity index (χ0n) is 11.2. The standard InChI is InChI=1S/C15H16INO3/c1-2-20-15(19)13-9-17-14-8-10(16)5-6-12(14)11(13)4-3-7-18/h5-9,11,13H,2-4H2,1H3. The SMILES string of the molecule is CCOC(=O)C1C=Nc2cc(I)ccc2C1CCC=O. The molecule has 0 aromatic heterocycles. The Morgan fingerprint density at radius 2 is 2.30 bits per heavy atom. The molecule has 1 aromatic carbocycles. The highest BCUT2D eigenvalue weighted by Gasteiger charge is 2.33. The molecule has 0 aliphatic carbocycles. The van der Waals surface area contributed by atoms with Crippen LogP contribution in [0.15, 0.2) is 23.2 Å². The summed E-state index contributed by atoms with van der Waals surface area (Å²) in [6, 6.07) is 5.98. The summed E-state index contributed by atoms with van der Waals surface area (Å²) >= 11 is 2.23. The second-order valence-electron chi connectivity index (χ2n) is 4.61. The molecule has 0 spiro atoms. The number of hydrogen-bond acceptors (Lipinski definition) is 4. The Morgan fingerprint density at radius 1 is 1.50 bits per heavy atom. The normalized spacial score (nSPS) is 20.3. The number of esters is 1. The number of fused-ring (bicyclic) bond motifs is 1. The Labute approximate surface area is 131 Å². The molecular weight excluding hydrogens is 369 g/mol. The van der Waals surface area contributed by atoms with Crippen LogP contribution in [0.2, 0.25) is 0 Å². The van der Waals surface area contributed by atoms with Crippen molar-refractivity contribution >= 4 is 46.7 Å². The van der Waals surface area contributed by atoms with E-state index in [0.717, 1.165) is 21.1 Å². The van der Waals surface area contributed by atoms with E-state index in [1.165, 1.54) is 0 Å². The quantitative estimate of drug-likeness (QED) is 0.444. The number of aldehydes is 1. The Bertz CT molecular complexity index is 542. The number of hydrogen-bond donors (Lipinski definition) is 0. The zero-order valence-corrected chi connectivity index (χ0v) is 13.4. The lowest BCUT2D eigenvalue weighted by atomic mass is 9.81. The first-order valence-corrected chi connectivity index (χ1v) is 7.69. The largest absolute Gasteiger partial charge is 0.465 e. The van der Waals surface area contributed by atoms with Gasteiger partial charge in [-0.25, -0.2) is 0 Å². The maximum absolute atomic E-state index is 12.0. The van der Waals surface area contributed by atoms with Crippen LogP contribution in [0.3, 0.4) is 0 Å². The van der Waals surface area contributed by atoms with E-state index in [-0.39, 0.29) is 11.9 Å². The summed E-state index contributed by atoms with van der Waals surface area (Å²) in [5.74, 6) is -0.706. The van der Waals surface area contributed by atoms with Gasteiger partial charge in [-0.3, -0.25) is 9.79 Å². The maximum atomic E-state index is 12.0. The Hall–Kier alpha value is -1.24. The van der Waals surface area contributed by atoms with Gasteiger partial charge in [-0.15, -0.1) is 0 Å². The molecule has 0 bridgehead atoms. The summed E-state index contributed by atoms with van der Waals surface area (Å²) in [6.07, 6.45) is 3.61. The van der Waals surface area contributed by atoms with Crippen LogP contribution < -0.4 is 0 Å². The monoisotopic (exact) mass is 385 g/mol. The molecule has 20 heavy (non-hydrogen) atoms. The minimum atomic E-state index is -0.400. The number of halogens is 1. The van der Waals surface area contributed by atoms with E-state index in [4.69, 9.17) is 4.74 Å². The molecule has 5 heteroatoms. The average Bonchev–Trinajstić information content (AvgIpc) is 2.44. The van der Waals surface area contributed by atoms with Crippen molar-refractivity contribution in [1.29, 1.82) is 0 Å². The summed E-state index contributed by atoms with van der Waals surface area (Å²) in [5.41, 5.74) is 1.90. The minimum Gasteiger partial charge on any atom is -0.465 e. The number of rotatable bonds is 5. The molecule has 0 amide bonds. The Balaban J connectivity index is 2.34. The first kappa shape index (κ1) is 15.2. The third kappa shape index (κ3) is 3.26. The van der Waals surface area contributed by atoms with Gasteiger partial charge in [0, 0.05) is 22.1 Å². The van der Waals surface area contributed by atoms with Crippen LogP contribution in [-0.2, 0) is 14.3 Å². The zero-order chi connectivity index (χ0) is 14.5. The van der Waals surface area contributed by atoms with Gasteiger partial charge in [0.1, 0.15) is 6.29 Å². The van der Waals surface area contributed by atoms with Crippen LogP contribution in [0.4, 0.5) is 5.69 Å². The van der Waals surface area contributed by atoms with E-state index in [9.17, 15) is 9.59 Å². The second kappa shape index (κ2) is 6.97. The van der Waals surface area contributed by atoms with Crippen LogP contribution in [-0.4, -0.2) is 25.1 Å². The van der Waals surface area contributed by atoms with Crippen molar-refractivity contribution in [2.24, 2.45) is 10.9 Å². The lowest BCUT2D eigenvalue weighted by Gasteiger charge is -2.27. The van der Waals surface area contributed by atoms with Gasteiger partial charge >= 0.3 is 5.97 Å². The van der Waals surface area contributed by atoms with Crippen molar-refractivity contribution in [2.75, 3.05) is 6.61 Å². The van der Waals surface area contributed by atoms with Gasteiger partial charge in [-0.05, 0) is 53.6 Å². The van der Waals surface area contributed by atoms with E-state index in [1.807, 2.05) is 18.2 Å². The molecular formula is C15H16INO3. The summed E-state index contributed by atoms with van der Waals surface area (Å²) in [7, 11) is 0. The maximum Gasteiger partial charge on any atom is 0.315 e. The molecule has 0 radical (unpaired) electrons. The highest BCUT2D eigenvalue weighted by molar-refractivity contribution is 14.1. The molecule has 1 aliphatic heterocycles. The molecule has 2 unspecified atom stereocenters. The fourth-order valence-electron chi connectivity index (χ4n) is 2.45. The van der Waals surface area contributed by atoms with E-state index in [0.29, 0.717) is 19.4 Å². The van der Waals surface area contributed by atoms with Crippen molar-refractivity contribution in [2.45, 2.75) is 25.7 Å². The Morgan fingerprint density at radius 3 is 3.00 bits per heavy atom. The number of nitrogens with zero attached hydrogens (tertiary/aromatic N) is 1. The van der Waals surface area contributed by atoms with Gasteiger partial charge in [0.2, 0.25) is 0 Å². The van der Waals surface area contributed by atoms with Crippen LogP contribution >= 0.6 is 22.6 Å². The summed E-state index contributed by atoms with van der Waals surface area (Å²) in [5, 5.41) is 0. The van der Waals surface area contributed by atoms with Gasteiger partial charge in [0.05, 0.1) is 18.2 Å². The number of ether oxygens (including phenoxy) is 1. The summed E-state index contributed by atoms with van der Waals surface area (Å²) in [4.78, 5) is 27.1. The van der Waals surface area contributed by atoms with Gasteiger partial charge in [-0.2, -0.15) is 0 Å². The third-order valence-electron chi connectivity index (χ3n) is 3.35. The van der Waals surface area contributed by atoms with E-state index < -0.39 is 5.92 Å². The fourth-order valence-corrected chi connectivity index (χ4v) is 2.92. The van der Waals surface area contributed by atoms with Crippen LogP contribution in [0.1, 0.15) is 31.2 Å². The summed E-state index contributed by atoms with van der Waals surface area (Å²) in [6.45, 7) is 2.14. The molecule has 0 N–H and O–H groups in total. The molecule has 0 saturated carbocycles. The number of benzene rings is 1. The van der Waals surface area contributed by atoms with Crippen molar-refractivity contribution < 1.29 is 14.3 Å². The predicted molar refractivity (Wildman–Crippen MR) is 85.5 cm³/mol. The van der Waals surface area contributed by atoms with E-state index in [2.05, 4.69) is 27.6 Å². The van der Waals surface area contributed by atoms with E-state index >= 15 is 0 Å². The molecule has 0 fully saturated rings. The van der Waals surface area contributed by atoms with Crippen molar-refractivity contribution in [3.8, 4) is 0 Å². The van der Waals surface area contributed by atoms with Gasteiger partial charge in [0.25, 0.3) is 0 Å². The van der Waals surface area contributed by atoms with Crippen LogP contribution in [0.5, 0.6) is 0 Å². The Kier molecular flexibility index (Phi) is 5.28. The first-order valence-electron chi connectivity index (χ1n) is 6.61. The first-order chi connectivity index (χ1) is 9.67. The van der Waals surface area contributed by atoms with Crippen molar-refractivity contribution in [3.63, 3.8) is 0 Å². The fraction of sp³-hybridized carbons (Fsp3) is 0.400. The topological polar surface area (TPSA) is 55.7 Å². The van der Waals surface area contributed by atoms with Gasteiger partial charge in [-0.1, -0.05) is 6.07 Å². The molecule has 2 atom stereocenters. The van der Waals surface area contributed by atoms with Crippen LogP contribution in [0.25, 0.3) is 0 Å². The van der Waals surface area contributed by atoms with Gasteiger partial charge in [0.15, 0.2) is 0 Å². The minimum absolute atomic E-state index is 0.0382. The number of carbonyl (C=O) groups excluding carboxylic acids is 2. The lowest BCUT2D eigenvalue weighted by molar-refractivity contribution is -0.146. The molecule has 4 nitrogen and oxygen atoms in total. The molecule has 1 heterocycles.